The van der Waals surface area contributed by atoms with Crippen molar-refractivity contribution in [3.8, 4) is 0 Å². The van der Waals surface area contributed by atoms with E-state index in [1.165, 1.54) is 12.1 Å². The van der Waals surface area contributed by atoms with Crippen molar-refractivity contribution < 1.29 is 8.78 Å². The van der Waals surface area contributed by atoms with Gasteiger partial charge in [-0.05, 0) is 31.9 Å². The fourth-order valence-electron chi connectivity index (χ4n) is 2.74. The van der Waals surface area contributed by atoms with E-state index in [2.05, 4.69) is 20.6 Å². The molecule has 0 spiro atoms. The third kappa shape index (κ3) is 3.62. The van der Waals surface area contributed by atoms with Crippen LogP contribution in [0.2, 0.25) is 0 Å². The molecule has 0 amide bonds. The Morgan fingerprint density at radius 2 is 2.05 bits per heavy atom. The van der Waals surface area contributed by atoms with Gasteiger partial charge in [-0.2, -0.15) is 0 Å². The molecule has 3 rings (SSSR count). The Morgan fingerprint density at radius 1 is 1.27 bits per heavy atom. The normalized spacial score (nSPS) is 16.2. The Morgan fingerprint density at radius 3 is 2.68 bits per heavy atom. The first-order valence-corrected chi connectivity index (χ1v) is 8.34. The third-order valence-electron chi connectivity index (χ3n) is 3.97. The van der Waals surface area contributed by atoms with E-state index in [0.29, 0.717) is 6.04 Å². The first-order chi connectivity index (χ1) is 10.6. The number of aryl methyl sites for hydroxylation is 1. The predicted octanol–water partition coefficient (Wildman–Crippen LogP) is 3.49. The van der Waals surface area contributed by atoms with E-state index in [1.54, 1.807) is 17.4 Å². The molecule has 6 heteroatoms. The maximum Gasteiger partial charge on any atom is 0.160 e. The number of benzene rings is 1. The zero-order chi connectivity index (χ0) is 15.5. The smallest absolute Gasteiger partial charge is 0.160 e. The minimum atomic E-state index is -0.793. The van der Waals surface area contributed by atoms with E-state index < -0.39 is 11.6 Å². The van der Waals surface area contributed by atoms with Gasteiger partial charge in [-0.3, -0.25) is 0 Å². The summed E-state index contributed by atoms with van der Waals surface area (Å²) < 4.78 is 26.3. The molecule has 22 heavy (non-hydrogen) atoms. The van der Waals surface area contributed by atoms with E-state index in [-0.39, 0.29) is 0 Å². The summed E-state index contributed by atoms with van der Waals surface area (Å²) in [7, 11) is 0. The molecule has 1 aliphatic heterocycles. The maximum atomic E-state index is 13.3. The lowest BCUT2D eigenvalue weighted by Crippen LogP contribution is -2.42. The second-order valence-corrected chi connectivity index (χ2v) is 6.57. The van der Waals surface area contributed by atoms with Crippen LogP contribution >= 0.6 is 11.3 Å². The van der Waals surface area contributed by atoms with Gasteiger partial charge in [0, 0.05) is 48.5 Å². The largest absolute Gasteiger partial charge is 0.371 e. The summed E-state index contributed by atoms with van der Waals surface area (Å²) in [6.45, 7) is 4.49. The Hall–Kier alpha value is -1.53. The SMILES string of the molecule is Cc1csc(CNC2CCN(c3ccc(F)c(F)c3)CC2)n1. The molecule has 1 aliphatic rings. The Bertz CT molecular complexity index is 636. The van der Waals surface area contributed by atoms with Crippen LogP contribution in [0.5, 0.6) is 0 Å². The molecule has 0 atom stereocenters. The molecular formula is C16H19F2N3S. The van der Waals surface area contributed by atoms with E-state index in [4.69, 9.17) is 0 Å². The zero-order valence-electron chi connectivity index (χ0n) is 12.5. The number of nitrogens with one attached hydrogen (secondary N) is 1. The monoisotopic (exact) mass is 323 g/mol. The number of aromatic nitrogens is 1. The van der Waals surface area contributed by atoms with Crippen molar-refractivity contribution in [2.75, 3.05) is 18.0 Å². The zero-order valence-corrected chi connectivity index (χ0v) is 13.3. The van der Waals surface area contributed by atoms with Gasteiger partial charge in [0.2, 0.25) is 0 Å². The van der Waals surface area contributed by atoms with E-state index in [9.17, 15) is 8.78 Å². The first kappa shape index (κ1) is 15.4. The number of nitrogens with zero attached hydrogens (tertiary/aromatic N) is 2. The summed E-state index contributed by atoms with van der Waals surface area (Å²) >= 11 is 1.68. The molecule has 1 N–H and O–H groups in total. The molecule has 1 aromatic heterocycles. The third-order valence-corrected chi connectivity index (χ3v) is 4.94. The number of thiazole rings is 1. The van der Waals surface area contributed by atoms with E-state index in [0.717, 1.165) is 48.9 Å². The van der Waals surface area contributed by atoms with Crippen LogP contribution in [0.15, 0.2) is 23.6 Å². The average Bonchev–Trinajstić information content (AvgIpc) is 2.94. The second-order valence-electron chi connectivity index (χ2n) is 5.62. The molecule has 2 aromatic rings. The fourth-order valence-corrected chi connectivity index (χ4v) is 3.46. The number of piperidine rings is 1. The average molecular weight is 323 g/mol. The number of hydrogen-bond acceptors (Lipinski definition) is 4. The lowest BCUT2D eigenvalue weighted by molar-refractivity contribution is 0.413. The van der Waals surface area contributed by atoms with Gasteiger partial charge in [-0.25, -0.2) is 13.8 Å². The highest BCUT2D eigenvalue weighted by Gasteiger charge is 2.20. The molecule has 1 fully saturated rings. The number of anilines is 1. The maximum absolute atomic E-state index is 13.3. The molecule has 0 bridgehead atoms. The van der Waals surface area contributed by atoms with Gasteiger partial charge >= 0.3 is 0 Å². The van der Waals surface area contributed by atoms with E-state index in [1.807, 2.05) is 6.92 Å². The lowest BCUT2D eigenvalue weighted by atomic mass is 10.0. The van der Waals surface area contributed by atoms with Crippen LogP contribution in [0.4, 0.5) is 14.5 Å². The molecule has 0 saturated carbocycles. The van der Waals surface area contributed by atoms with Crippen LogP contribution in [-0.2, 0) is 6.54 Å². The van der Waals surface area contributed by atoms with Crippen LogP contribution in [0, 0.1) is 18.6 Å². The summed E-state index contributed by atoms with van der Waals surface area (Å²) in [5, 5.41) is 6.70. The molecule has 118 valence electrons. The molecule has 0 unspecified atom stereocenters. The predicted molar refractivity (Wildman–Crippen MR) is 85.3 cm³/mol. The Balaban J connectivity index is 1.50. The highest BCUT2D eigenvalue weighted by molar-refractivity contribution is 7.09. The molecule has 1 saturated heterocycles. The van der Waals surface area contributed by atoms with Gasteiger partial charge in [0.25, 0.3) is 0 Å². The number of hydrogen-bond donors (Lipinski definition) is 1. The topological polar surface area (TPSA) is 28.2 Å². The summed E-state index contributed by atoms with van der Waals surface area (Å²) in [5.74, 6) is -1.57. The number of halogens is 2. The minimum absolute atomic E-state index is 0.450. The molecule has 0 radical (unpaired) electrons. The minimum Gasteiger partial charge on any atom is -0.371 e. The van der Waals surface area contributed by atoms with Crippen LogP contribution < -0.4 is 10.2 Å². The molecular weight excluding hydrogens is 304 g/mol. The lowest BCUT2D eigenvalue weighted by Gasteiger charge is -2.34. The van der Waals surface area contributed by atoms with Gasteiger partial charge < -0.3 is 10.2 Å². The van der Waals surface area contributed by atoms with Crippen molar-refractivity contribution in [3.05, 3.63) is 45.9 Å². The van der Waals surface area contributed by atoms with E-state index >= 15 is 0 Å². The van der Waals surface area contributed by atoms with Gasteiger partial charge in [0.15, 0.2) is 11.6 Å². The second kappa shape index (κ2) is 6.71. The first-order valence-electron chi connectivity index (χ1n) is 7.46. The van der Waals surface area contributed by atoms with Gasteiger partial charge in [-0.1, -0.05) is 0 Å². The van der Waals surface area contributed by atoms with Crippen LogP contribution in [0.3, 0.4) is 0 Å². The molecule has 3 nitrogen and oxygen atoms in total. The standard InChI is InChI=1S/C16H19F2N3S/c1-11-10-22-16(20-11)9-19-12-4-6-21(7-5-12)13-2-3-14(17)15(18)8-13/h2-3,8,10,12,19H,4-7,9H2,1H3. The Labute approximate surface area is 133 Å². The van der Waals surface area contributed by atoms with Crippen LogP contribution in [0.25, 0.3) is 0 Å². The number of rotatable bonds is 4. The van der Waals surface area contributed by atoms with Crippen molar-refractivity contribution in [2.45, 2.75) is 32.4 Å². The van der Waals surface area contributed by atoms with Crippen molar-refractivity contribution in [2.24, 2.45) is 0 Å². The van der Waals surface area contributed by atoms with Crippen molar-refractivity contribution in [1.29, 1.82) is 0 Å². The molecule has 2 heterocycles. The van der Waals surface area contributed by atoms with Gasteiger partial charge in [0.1, 0.15) is 5.01 Å². The van der Waals surface area contributed by atoms with Crippen molar-refractivity contribution >= 4 is 17.0 Å². The molecule has 0 aliphatic carbocycles. The summed E-state index contributed by atoms with van der Waals surface area (Å²) in [5.41, 5.74) is 1.82. The highest BCUT2D eigenvalue weighted by atomic mass is 32.1. The Kier molecular flexibility index (Phi) is 4.69. The van der Waals surface area contributed by atoms with Crippen LogP contribution in [0.1, 0.15) is 23.5 Å². The van der Waals surface area contributed by atoms with Crippen molar-refractivity contribution in [1.82, 2.24) is 10.3 Å². The summed E-state index contributed by atoms with van der Waals surface area (Å²) in [6.07, 6.45) is 1.98. The molecule has 1 aromatic carbocycles. The summed E-state index contributed by atoms with van der Waals surface area (Å²) in [6, 6.07) is 4.57. The van der Waals surface area contributed by atoms with Gasteiger partial charge in [-0.15, -0.1) is 11.3 Å². The van der Waals surface area contributed by atoms with Crippen molar-refractivity contribution in [3.63, 3.8) is 0 Å². The van der Waals surface area contributed by atoms with Crippen LogP contribution in [-0.4, -0.2) is 24.1 Å². The fraction of sp³-hybridized carbons (Fsp3) is 0.438. The van der Waals surface area contributed by atoms with Gasteiger partial charge in [0.05, 0.1) is 0 Å². The summed E-state index contributed by atoms with van der Waals surface area (Å²) in [4.78, 5) is 6.55. The quantitative estimate of drug-likeness (QED) is 0.933. The highest BCUT2D eigenvalue weighted by Crippen LogP contribution is 2.22.